The summed E-state index contributed by atoms with van der Waals surface area (Å²) in [6.07, 6.45) is -0.659. The van der Waals surface area contributed by atoms with Crippen molar-refractivity contribution >= 4 is 27.5 Å². The van der Waals surface area contributed by atoms with E-state index in [1.54, 1.807) is 0 Å². The molecule has 1 aliphatic heterocycles. The Morgan fingerprint density at radius 1 is 1.54 bits per heavy atom. The number of ether oxygens (including phenoxy) is 1. The van der Waals surface area contributed by atoms with Crippen molar-refractivity contribution in [2.24, 2.45) is 0 Å². The van der Waals surface area contributed by atoms with Gasteiger partial charge in [-0.05, 0) is 0 Å². The largest absolute Gasteiger partial charge is 0.453 e. The van der Waals surface area contributed by atoms with E-state index in [0.717, 1.165) is 0 Å². The molecule has 0 saturated carbocycles. The predicted octanol–water partition coefficient (Wildman–Crippen LogP) is -0.253. The summed E-state index contributed by atoms with van der Waals surface area (Å²) in [5, 5.41) is 1.80. The molecule has 0 aromatic carbocycles. The minimum atomic E-state index is -3.10. The number of hydrogen-bond donors (Lipinski definition) is 1. The van der Waals surface area contributed by atoms with Crippen LogP contribution in [0.15, 0.2) is 0 Å². The number of hydrogen-bond acceptors (Lipinski definition) is 4. The second-order valence-electron chi connectivity index (χ2n) is 2.84. The van der Waals surface area contributed by atoms with Crippen LogP contribution in [0.3, 0.4) is 0 Å². The van der Waals surface area contributed by atoms with Crippen molar-refractivity contribution in [2.75, 3.05) is 18.6 Å². The first-order valence-electron chi connectivity index (χ1n) is 3.63. The van der Waals surface area contributed by atoms with Crippen LogP contribution in [0, 0.1) is 0 Å². The number of methoxy groups -OCH3 is 1. The van der Waals surface area contributed by atoms with Crippen molar-refractivity contribution in [1.82, 2.24) is 5.32 Å². The van der Waals surface area contributed by atoms with Crippen LogP contribution < -0.4 is 5.32 Å². The second-order valence-corrected chi connectivity index (χ2v) is 5.55. The van der Waals surface area contributed by atoms with Crippen molar-refractivity contribution in [2.45, 2.75) is 11.4 Å². The molecule has 76 valence electrons. The Kier molecular flexibility index (Phi) is 3.02. The topological polar surface area (TPSA) is 72.5 Å². The SMILES string of the molecule is COC(=O)N[C@@H]1CS(=O)(=O)C[C@H]1Cl. The van der Waals surface area contributed by atoms with Crippen molar-refractivity contribution in [3.8, 4) is 0 Å². The van der Waals surface area contributed by atoms with Crippen molar-refractivity contribution < 1.29 is 17.9 Å². The fourth-order valence-electron chi connectivity index (χ4n) is 1.15. The Morgan fingerprint density at radius 3 is 2.54 bits per heavy atom. The van der Waals surface area contributed by atoms with E-state index in [1.165, 1.54) is 7.11 Å². The highest BCUT2D eigenvalue weighted by molar-refractivity contribution is 7.91. The minimum absolute atomic E-state index is 0.0940. The number of carbonyl (C=O) groups is 1. The Bertz CT molecular complexity index is 302. The highest BCUT2D eigenvalue weighted by Gasteiger charge is 2.37. The number of amides is 1. The molecule has 2 atom stereocenters. The van der Waals surface area contributed by atoms with E-state index in [4.69, 9.17) is 11.6 Å². The van der Waals surface area contributed by atoms with Crippen molar-refractivity contribution in [3.05, 3.63) is 0 Å². The number of rotatable bonds is 1. The second kappa shape index (κ2) is 3.71. The predicted molar refractivity (Wildman–Crippen MR) is 47.6 cm³/mol. The normalized spacial score (nSPS) is 31.2. The van der Waals surface area contributed by atoms with Gasteiger partial charge in [-0.3, -0.25) is 0 Å². The maximum Gasteiger partial charge on any atom is 0.407 e. The van der Waals surface area contributed by atoms with Crippen molar-refractivity contribution in [1.29, 1.82) is 0 Å². The lowest BCUT2D eigenvalue weighted by Crippen LogP contribution is -2.40. The third kappa shape index (κ3) is 2.73. The van der Waals surface area contributed by atoms with Crippen LogP contribution in [0.2, 0.25) is 0 Å². The smallest absolute Gasteiger partial charge is 0.407 e. The lowest BCUT2D eigenvalue weighted by atomic mass is 10.3. The van der Waals surface area contributed by atoms with E-state index >= 15 is 0 Å². The summed E-state index contributed by atoms with van der Waals surface area (Å²) >= 11 is 5.71. The van der Waals surface area contributed by atoms with E-state index in [2.05, 4.69) is 10.1 Å². The van der Waals surface area contributed by atoms with Gasteiger partial charge in [0.05, 0.1) is 30.0 Å². The molecule has 1 amide bonds. The summed E-state index contributed by atoms with van der Waals surface area (Å²) in [6.45, 7) is 0. The van der Waals surface area contributed by atoms with Gasteiger partial charge in [-0.2, -0.15) is 0 Å². The Hall–Kier alpha value is -0.490. The Balaban J connectivity index is 2.59. The highest BCUT2D eigenvalue weighted by Crippen LogP contribution is 2.17. The first-order valence-corrected chi connectivity index (χ1v) is 5.89. The first kappa shape index (κ1) is 10.6. The van der Waals surface area contributed by atoms with Crippen LogP contribution in [0.1, 0.15) is 0 Å². The number of alkyl carbamates (subject to hydrolysis) is 1. The summed E-state index contributed by atoms with van der Waals surface area (Å²) in [5.41, 5.74) is 0. The maximum absolute atomic E-state index is 11.0. The lowest BCUT2D eigenvalue weighted by molar-refractivity contribution is 0.168. The lowest BCUT2D eigenvalue weighted by Gasteiger charge is -2.12. The molecule has 1 heterocycles. The quantitative estimate of drug-likeness (QED) is 0.627. The van der Waals surface area contributed by atoms with Gasteiger partial charge < -0.3 is 10.1 Å². The highest BCUT2D eigenvalue weighted by atomic mass is 35.5. The fourth-order valence-corrected chi connectivity index (χ4v) is 3.70. The van der Waals surface area contributed by atoms with Gasteiger partial charge in [0, 0.05) is 0 Å². The van der Waals surface area contributed by atoms with E-state index in [-0.39, 0.29) is 11.5 Å². The third-order valence-electron chi connectivity index (χ3n) is 1.77. The molecule has 5 nitrogen and oxygen atoms in total. The summed E-state index contributed by atoms with van der Waals surface area (Å²) in [6, 6.07) is -0.542. The van der Waals surface area contributed by atoms with Gasteiger partial charge in [0.1, 0.15) is 0 Å². The molecule has 0 spiro atoms. The molecule has 0 aromatic rings. The summed E-state index contributed by atoms with van der Waals surface area (Å²) in [5.74, 6) is -0.209. The van der Waals surface area contributed by atoms with Crippen LogP contribution in [0.25, 0.3) is 0 Å². The van der Waals surface area contributed by atoms with E-state index < -0.39 is 27.3 Å². The molecule has 13 heavy (non-hydrogen) atoms. The van der Waals surface area contributed by atoms with Gasteiger partial charge in [0.25, 0.3) is 0 Å². The molecule has 0 radical (unpaired) electrons. The van der Waals surface area contributed by atoms with Gasteiger partial charge in [0.15, 0.2) is 9.84 Å². The van der Waals surface area contributed by atoms with Crippen LogP contribution >= 0.6 is 11.6 Å². The Morgan fingerprint density at radius 2 is 2.15 bits per heavy atom. The van der Waals surface area contributed by atoms with Gasteiger partial charge in [-0.1, -0.05) is 0 Å². The van der Waals surface area contributed by atoms with E-state index in [0.29, 0.717) is 0 Å². The molecule has 0 aromatic heterocycles. The summed E-state index contributed by atoms with van der Waals surface area (Å²) < 4.78 is 26.4. The van der Waals surface area contributed by atoms with Gasteiger partial charge in [-0.25, -0.2) is 13.2 Å². The third-order valence-corrected chi connectivity index (χ3v) is 4.15. The zero-order valence-electron chi connectivity index (χ0n) is 6.99. The summed E-state index contributed by atoms with van der Waals surface area (Å²) in [7, 11) is -1.89. The van der Waals surface area contributed by atoms with E-state index in [1.807, 2.05) is 0 Å². The van der Waals surface area contributed by atoms with Crippen LogP contribution in [0.5, 0.6) is 0 Å². The molecular weight excluding hydrogens is 218 g/mol. The molecule has 1 saturated heterocycles. The monoisotopic (exact) mass is 227 g/mol. The molecule has 0 aliphatic carbocycles. The molecule has 1 N–H and O–H groups in total. The molecule has 1 rings (SSSR count). The number of halogens is 1. The van der Waals surface area contributed by atoms with E-state index in [9.17, 15) is 13.2 Å². The van der Waals surface area contributed by atoms with Crippen LogP contribution in [-0.2, 0) is 14.6 Å². The Labute approximate surface area is 81.3 Å². The number of sulfone groups is 1. The average molecular weight is 228 g/mol. The van der Waals surface area contributed by atoms with Crippen LogP contribution in [-0.4, -0.2) is 44.5 Å². The summed E-state index contributed by atoms with van der Waals surface area (Å²) in [4.78, 5) is 10.7. The number of alkyl halides is 1. The molecular formula is C6H10ClNO4S. The zero-order chi connectivity index (χ0) is 10.1. The van der Waals surface area contributed by atoms with Gasteiger partial charge in [0.2, 0.25) is 0 Å². The van der Waals surface area contributed by atoms with Gasteiger partial charge in [-0.15, -0.1) is 11.6 Å². The zero-order valence-corrected chi connectivity index (χ0v) is 8.56. The number of carbonyl (C=O) groups excluding carboxylic acids is 1. The fraction of sp³-hybridized carbons (Fsp3) is 0.833. The first-order chi connectivity index (χ1) is 5.94. The average Bonchev–Trinajstić information content (AvgIpc) is 2.24. The van der Waals surface area contributed by atoms with Gasteiger partial charge >= 0.3 is 6.09 Å². The number of nitrogens with one attached hydrogen (secondary N) is 1. The molecule has 7 heteroatoms. The minimum Gasteiger partial charge on any atom is -0.453 e. The maximum atomic E-state index is 11.0. The molecule has 1 fully saturated rings. The van der Waals surface area contributed by atoms with Crippen LogP contribution in [0.4, 0.5) is 4.79 Å². The molecule has 0 bridgehead atoms. The van der Waals surface area contributed by atoms with Crippen molar-refractivity contribution in [3.63, 3.8) is 0 Å². The standard InChI is InChI=1S/C6H10ClNO4S/c1-12-6(9)8-5-3-13(10,11)2-4(5)7/h4-5H,2-3H2,1H3,(H,8,9)/t4-,5-/m1/s1. The molecule has 0 unspecified atom stereocenters. The molecule has 1 aliphatic rings.